The summed E-state index contributed by atoms with van der Waals surface area (Å²) in [5, 5.41) is 4.59. The van der Waals surface area contributed by atoms with Crippen molar-refractivity contribution in [3.8, 4) is 0 Å². The highest BCUT2D eigenvalue weighted by Crippen LogP contribution is 2.21. The van der Waals surface area contributed by atoms with Crippen LogP contribution in [-0.2, 0) is 11.2 Å². The third-order valence-corrected chi connectivity index (χ3v) is 3.63. The molecule has 2 N–H and O–H groups in total. The number of thiophene rings is 1. The third kappa shape index (κ3) is 6.97. The molecule has 8 heteroatoms. The summed E-state index contributed by atoms with van der Waals surface area (Å²) in [6.07, 6.45) is -3.62. The molecule has 1 amide bonds. The average molecular weight is 345 g/mol. The number of carbonyl (C=O) groups is 1. The van der Waals surface area contributed by atoms with Gasteiger partial charge in [-0.05, 0) is 34.5 Å². The second-order valence-corrected chi connectivity index (χ2v) is 6.07. The van der Waals surface area contributed by atoms with E-state index in [4.69, 9.17) is 0 Å². The number of alkyl halides is 3. The van der Waals surface area contributed by atoms with Crippen LogP contribution in [0.3, 0.4) is 0 Å². The maximum absolute atomic E-state index is 11.8. The monoisotopic (exact) mass is 344 g/mol. The lowest BCUT2D eigenvalue weighted by Crippen LogP contribution is -2.39. The largest absolute Gasteiger partial charge is 0.405 e. The Balaban J connectivity index is 2.09. The van der Waals surface area contributed by atoms with Gasteiger partial charge in [-0.25, -0.2) is 0 Å². The molecule has 1 heterocycles. The first-order valence-electron chi connectivity index (χ1n) is 5.15. The van der Waals surface area contributed by atoms with Crippen LogP contribution in [0.5, 0.6) is 0 Å². The van der Waals surface area contributed by atoms with Crippen molar-refractivity contribution in [1.82, 2.24) is 10.6 Å². The van der Waals surface area contributed by atoms with Crippen LogP contribution in [-0.4, -0.2) is 31.7 Å². The summed E-state index contributed by atoms with van der Waals surface area (Å²) < 4.78 is 36.4. The number of hydrogen-bond donors (Lipinski definition) is 2. The molecular weight excluding hydrogens is 333 g/mol. The highest BCUT2D eigenvalue weighted by molar-refractivity contribution is 9.11. The van der Waals surface area contributed by atoms with Crippen LogP contribution in [0.1, 0.15) is 4.88 Å². The zero-order valence-corrected chi connectivity index (χ0v) is 11.7. The van der Waals surface area contributed by atoms with E-state index in [0.717, 1.165) is 15.1 Å². The number of hydrogen-bond acceptors (Lipinski definition) is 3. The van der Waals surface area contributed by atoms with Crippen molar-refractivity contribution < 1.29 is 18.0 Å². The van der Waals surface area contributed by atoms with Crippen molar-refractivity contribution in [2.24, 2.45) is 0 Å². The maximum Gasteiger partial charge on any atom is 0.405 e. The molecule has 0 aromatic carbocycles. The number of rotatable bonds is 6. The van der Waals surface area contributed by atoms with E-state index < -0.39 is 18.6 Å². The summed E-state index contributed by atoms with van der Waals surface area (Å²) in [6, 6.07) is 3.89. The minimum Gasteiger partial charge on any atom is -0.346 e. The quantitative estimate of drug-likeness (QED) is 0.777. The van der Waals surface area contributed by atoms with Crippen LogP contribution in [0.15, 0.2) is 15.9 Å². The molecule has 0 saturated carbocycles. The molecule has 0 atom stereocenters. The van der Waals surface area contributed by atoms with Gasteiger partial charge in [0.1, 0.15) is 6.54 Å². The van der Waals surface area contributed by atoms with E-state index in [9.17, 15) is 18.0 Å². The van der Waals surface area contributed by atoms with Gasteiger partial charge >= 0.3 is 6.18 Å². The predicted octanol–water partition coefficient (Wildman–Crippen LogP) is 2.32. The predicted molar refractivity (Wildman–Crippen MR) is 67.7 cm³/mol. The molecule has 1 aromatic heterocycles. The van der Waals surface area contributed by atoms with Gasteiger partial charge < -0.3 is 10.6 Å². The topological polar surface area (TPSA) is 41.1 Å². The second kappa shape index (κ2) is 7.10. The Bertz CT molecular complexity index is 395. The van der Waals surface area contributed by atoms with Gasteiger partial charge in [-0.2, -0.15) is 13.2 Å². The molecular formula is C10H12BrF3N2OS. The molecule has 18 heavy (non-hydrogen) atoms. The zero-order valence-electron chi connectivity index (χ0n) is 9.31. The molecule has 1 rings (SSSR count). The first-order chi connectivity index (χ1) is 8.37. The van der Waals surface area contributed by atoms with Crippen molar-refractivity contribution in [2.45, 2.75) is 12.6 Å². The van der Waals surface area contributed by atoms with Gasteiger partial charge in [-0.1, -0.05) is 0 Å². The van der Waals surface area contributed by atoms with Gasteiger partial charge in [0.25, 0.3) is 0 Å². The van der Waals surface area contributed by atoms with Crippen molar-refractivity contribution in [3.63, 3.8) is 0 Å². The molecule has 0 unspecified atom stereocenters. The smallest absolute Gasteiger partial charge is 0.346 e. The normalized spacial score (nSPS) is 11.6. The average Bonchev–Trinajstić information content (AvgIpc) is 2.67. The number of halogens is 4. The number of carbonyl (C=O) groups excluding carboxylic acids is 1. The lowest BCUT2D eigenvalue weighted by atomic mass is 10.3. The van der Waals surface area contributed by atoms with Crippen molar-refractivity contribution in [2.75, 3.05) is 19.6 Å². The summed E-state index contributed by atoms with van der Waals surface area (Å²) in [5.41, 5.74) is 0. The molecule has 0 aliphatic carbocycles. The molecule has 3 nitrogen and oxygen atoms in total. The van der Waals surface area contributed by atoms with Gasteiger partial charge in [-0.3, -0.25) is 4.79 Å². The standard InChI is InChI=1S/C10H12BrF3N2OS/c11-8-2-1-7(18-8)3-4-15-5-9(17)16-6-10(12,13)14/h1-2,15H,3-6H2,(H,16,17). The van der Waals surface area contributed by atoms with Crippen LogP contribution in [0.2, 0.25) is 0 Å². The van der Waals surface area contributed by atoms with Crippen LogP contribution < -0.4 is 10.6 Å². The summed E-state index contributed by atoms with van der Waals surface area (Å²) in [4.78, 5) is 12.2. The van der Waals surface area contributed by atoms with Gasteiger partial charge in [0, 0.05) is 11.4 Å². The Labute approximate surface area is 115 Å². The van der Waals surface area contributed by atoms with Crippen LogP contribution >= 0.6 is 27.3 Å². The molecule has 0 saturated heterocycles. The second-order valence-electron chi connectivity index (χ2n) is 3.52. The van der Waals surface area contributed by atoms with E-state index in [2.05, 4.69) is 21.2 Å². The SMILES string of the molecule is O=C(CNCCc1ccc(Br)s1)NCC(F)(F)F. The zero-order chi connectivity index (χ0) is 13.6. The van der Waals surface area contributed by atoms with E-state index in [1.165, 1.54) is 0 Å². The summed E-state index contributed by atoms with van der Waals surface area (Å²) in [5.74, 6) is -0.653. The minimum atomic E-state index is -4.36. The Morgan fingerprint density at radius 2 is 2.11 bits per heavy atom. The van der Waals surface area contributed by atoms with E-state index in [1.807, 2.05) is 12.1 Å². The van der Waals surface area contributed by atoms with E-state index in [1.54, 1.807) is 16.7 Å². The van der Waals surface area contributed by atoms with E-state index >= 15 is 0 Å². The van der Waals surface area contributed by atoms with Crippen LogP contribution in [0.25, 0.3) is 0 Å². The molecule has 0 spiro atoms. The minimum absolute atomic E-state index is 0.109. The van der Waals surface area contributed by atoms with Crippen molar-refractivity contribution in [3.05, 3.63) is 20.8 Å². The van der Waals surface area contributed by atoms with E-state index in [0.29, 0.717) is 6.54 Å². The highest BCUT2D eigenvalue weighted by Gasteiger charge is 2.27. The van der Waals surface area contributed by atoms with Crippen molar-refractivity contribution >= 4 is 33.2 Å². The molecule has 0 radical (unpaired) electrons. The van der Waals surface area contributed by atoms with Gasteiger partial charge in [0.2, 0.25) is 5.91 Å². The Morgan fingerprint density at radius 1 is 1.39 bits per heavy atom. The molecule has 0 fully saturated rings. The Kier molecular flexibility index (Phi) is 6.10. The molecule has 0 aliphatic heterocycles. The maximum atomic E-state index is 11.8. The molecule has 0 aliphatic rings. The summed E-state index contributed by atoms with van der Waals surface area (Å²) in [6.45, 7) is -0.847. The van der Waals surface area contributed by atoms with Gasteiger partial charge in [-0.15, -0.1) is 11.3 Å². The fourth-order valence-corrected chi connectivity index (χ4v) is 2.64. The highest BCUT2D eigenvalue weighted by atomic mass is 79.9. The number of amides is 1. The Morgan fingerprint density at radius 3 is 2.67 bits per heavy atom. The lowest BCUT2D eigenvalue weighted by Gasteiger charge is -2.08. The first-order valence-corrected chi connectivity index (χ1v) is 6.76. The van der Waals surface area contributed by atoms with E-state index in [-0.39, 0.29) is 6.54 Å². The van der Waals surface area contributed by atoms with Crippen molar-refractivity contribution in [1.29, 1.82) is 0 Å². The molecule has 1 aromatic rings. The summed E-state index contributed by atoms with van der Waals surface area (Å²) >= 11 is 4.92. The molecule has 102 valence electrons. The van der Waals surface area contributed by atoms with Gasteiger partial charge in [0.15, 0.2) is 0 Å². The third-order valence-electron chi connectivity index (χ3n) is 1.95. The molecule has 0 bridgehead atoms. The Hall–Kier alpha value is -0.600. The fourth-order valence-electron chi connectivity index (χ4n) is 1.16. The lowest BCUT2D eigenvalue weighted by molar-refractivity contribution is -0.137. The van der Waals surface area contributed by atoms with Crippen LogP contribution in [0, 0.1) is 0 Å². The summed E-state index contributed by atoms with van der Waals surface area (Å²) in [7, 11) is 0. The van der Waals surface area contributed by atoms with Gasteiger partial charge in [0.05, 0.1) is 10.3 Å². The fraction of sp³-hybridized carbons (Fsp3) is 0.500. The number of nitrogens with one attached hydrogen (secondary N) is 2. The van der Waals surface area contributed by atoms with Crippen LogP contribution in [0.4, 0.5) is 13.2 Å². The first kappa shape index (κ1) is 15.5.